The molecule has 4 aromatic rings. The maximum atomic E-state index is 5.92. The zero-order chi connectivity index (χ0) is 17.5. The van der Waals surface area contributed by atoms with Gasteiger partial charge in [-0.05, 0) is 30.3 Å². The van der Waals surface area contributed by atoms with Crippen molar-refractivity contribution in [3.63, 3.8) is 0 Å². The van der Waals surface area contributed by atoms with Crippen LogP contribution in [0.3, 0.4) is 0 Å². The first-order valence-corrected chi connectivity index (χ1v) is 8.62. The van der Waals surface area contributed by atoms with E-state index in [0.717, 1.165) is 52.1 Å². The van der Waals surface area contributed by atoms with Gasteiger partial charge in [0.25, 0.3) is 0 Å². The summed E-state index contributed by atoms with van der Waals surface area (Å²) in [6.07, 6.45) is 1.94. The first kappa shape index (κ1) is 15.1. The molecule has 1 saturated heterocycles. The van der Waals surface area contributed by atoms with E-state index >= 15 is 0 Å². The van der Waals surface area contributed by atoms with Gasteiger partial charge < -0.3 is 20.4 Å². The number of nitrogens with zero attached hydrogens (tertiary/aromatic N) is 4. The number of aromatic nitrogens is 4. The summed E-state index contributed by atoms with van der Waals surface area (Å²) in [4.78, 5) is 19.1. The largest absolute Gasteiger partial charge is 0.378 e. The molecular weight excluding hydrogens is 328 g/mol. The van der Waals surface area contributed by atoms with Gasteiger partial charge in [0.2, 0.25) is 5.95 Å². The molecule has 1 aromatic carbocycles. The van der Waals surface area contributed by atoms with Crippen LogP contribution in [0.2, 0.25) is 0 Å². The second-order valence-corrected chi connectivity index (χ2v) is 6.35. The molecule has 0 radical (unpaired) electrons. The Morgan fingerprint density at radius 2 is 1.88 bits per heavy atom. The molecule has 0 atom stereocenters. The summed E-state index contributed by atoms with van der Waals surface area (Å²) in [6.45, 7) is 2.89. The molecule has 1 aliphatic heterocycles. The normalized spacial score (nSPS) is 15.0. The number of hydrogen-bond donors (Lipinski definition) is 2. The molecular formula is C19H18N6O. The molecule has 0 spiro atoms. The molecule has 3 aromatic heterocycles. The maximum absolute atomic E-state index is 5.92. The fraction of sp³-hybridized carbons (Fsp3) is 0.211. The number of nitrogens with two attached hydrogens (primary N) is 1. The van der Waals surface area contributed by atoms with Crippen LogP contribution < -0.4 is 10.6 Å². The Morgan fingerprint density at radius 1 is 1.00 bits per heavy atom. The van der Waals surface area contributed by atoms with Gasteiger partial charge in [0.05, 0.1) is 24.4 Å². The number of benzene rings is 1. The number of H-pyrrole nitrogens is 1. The van der Waals surface area contributed by atoms with E-state index in [1.165, 1.54) is 0 Å². The number of anilines is 2. The molecule has 5 rings (SSSR count). The third-order valence-corrected chi connectivity index (χ3v) is 4.70. The average Bonchev–Trinajstić information content (AvgIpc) is 3.15. The SMILES string of the molecule is Nc1nc(N2CCOCC2)c2nc(-c3ccc4[nH]ccc4c3)ccc2n1. The summed E-state index contributed by atoms with van der Waals surface area (Å²) < 4.78 is 5.45. The lowest BCUT2D eigenvalue weighted by Crippen LogP contribution is -2.37. The van der Waals surface area contributed by atoms with Crippen molar-refractivity contribution in [2.75, 3.05) is 36.9 Å². The standard InChI is InChI=1S/C19H18N6O/c20-19-23-16-4-3-15(12-1-2-14-13(11-12)5-6-21-14)22-17(16)18(24-19)25-7-9-26-10-8-25/h1-6,11,21H,7-10H2,(H2,20,23,24). The van der Waals surface area contributed by atoms with Crippen LogP contribution in [0.1, 0.15) is 0 Å². The number of nitrogen functional groups attached to an aromatic ring is 1. The highest BCUT2D eigenvalue weighted by Gasteiger charge is 2.18. The van der Waals surface area contributed by atoms with Crippen molar-refractivity contribution < 1.29 is 4.74 Å². The Labute approximate surface area is 149 Å². The van der Waals surface area contributed by atoms with Crippen LogP contribution in [0, 0.1) is 0 Å². The third kappa shape index (κ3) is 2.53. The number of pyridine rings is 1. The summed E-state index contributed by atoms with van der Waals surface area (Å²) >= 11 is 0. The van der Waals surface area contributed by atoms with Crippen molar-refractivity contribution in [3.05, 3.63) is 42.6 Å². The van der Waals surface area contributed by atoms with Gasteiger partial charge in [0.15, 0.2) is 5.82 Å². The van der Waals surface area contributed by atoms with Crippen LogP contribution in [0.5, 0.6) is 0 Å². The molecule has 0 amide bonds. The second-order valence-electron chi connectivity index (χ2n) is 6.35. The molecule has 4 heterocycles. The van der Waals surface area contributed by atoms with Gasteiger partial charge in [0, 0.05) is 35.8 Å². The van der Waals surface area contributed by atoms with Crippen molar-refractivity contribution >= 4 is 33.7 Å². The van der Waals surface area contributed by atoms with Crippen LogP contribution in [0.15, 0.2) is 42.6 Å². The highest BCUT2D eigenvalue weighted by Crippen LogP contribution is 2.28. The van der Waals surface area contributed by atoms with Gasteiger partial charge in [0.1, 0.15) is 5.52 Å². The molecule has 130 valence electrons. The molecule has 0 bridgehead atoms. The Bertz CT molecular complexity index is 1100. The number of rotatable bonds is 2. The minimum absolute atomic E-state index is 0.266. The molecule has 26 heavy (non-hydrogen) atoms. The van der Waals surface area contributed by atoms with Crippen molar-refractivity contribution in [1.82, 2.24) is 19.9 Å². The minimum atomic E-state index is 0.266. The summed E-state index contributed by atoms with van der Waals surface area (Å²) in [5.74, 6) is 1.04. The van der Waals surface area contributed by atoms with E-state index in [9.17, 15) is 0 Å². The Balaban J connectivity index is 1.66. The number of fused-ring (bicyclic) bond motifs is 2. The van der Waals surface area contributed by atoms with Gasteiger partial charge in [-0.3, -0.25) is 0 Å². The monoisotopic (exact) mass is 346 g/mol. The van der Waals surface area contributed by atoms with Crippen LogP contribution in [-0.4, -0.2) is 46.2 Å². The highest BCUT2D eigenvalue weighted by molar-refractivity contribution is 5.90. The Hall–Kier alpha value is -3.19. The maximum Gasteiger partial charge on any atom is 0.222 e. The number of hydrogen-bond acceptors (Lipinski definition) is 6. The Morgan fingerprint density at radius 3 is 2.77 bits per heavy atom. The zero-order valence-electron chi connectivity index (χ0n) is 14.1. The van der Waals surface area contributed by atoms with Gasteiger partial charge in [-0.1, -0.05) is 6.07 Å². The number of nitrogens with one attached hydrogen (secondary N) is 1. The molecule has 7 heteroatoms. The first-order valence-electron chi connectivity index (χ1n) is 8.62. The predicted octanol–water partition coefficient (Wildman–Crippen LogP) is 2.59. The quantitative estimate of drug-likeness (QED) is 0.579. The van der Waals surface area contributed by atoms with Crippen LogP contribution in [0.25, 0.3) is 33.2 Å². The van der Waals surface area contributed by atoms with Crippen molar-refractivity contribution in [2.45, 2.75) is 0 Å². The van der Waals surface area contributed by atoms with Gasteiger partial charge in [-0.2, -0.15) is 4.98 Å². The number of ether oxygens (including phenoxy) is 1. The van der Waals surface area contributed by atoms with E-state index in [2.05, 4.69) is 44.1 Å². The van der Waals surface area contributed by atoms with Crippen molar-refractivity contribution in [3.8, 4) is 11.3 Å². The fourth-order valence-corrected chi connectivity index (χ4v) is 3.39. The van der Waals surface area contributed by atoms with Gasteiger partial charge in [-0.25, -0.2) is 9.97 Å². The van der Waals surface area contributed by atoms with Crippen LogP contribution in [0.4, 0.5) is 11.8 Å². The van der Waals surface area contributed by atoms with E-state index < -0.39 is 0 Å². The molecule has 0 unspecified atom stereocenters. The number of morpholine rings is 1. The molecule has 1 aliphatic rings. The van der Waals surface area contributed by atoms with Crippen LogP contribution in [-0.2, 0) is 4.74 Å². The van der Waals surface area contributed by atoms with Crippen molar-refractivity contribution in [2.24, 2.45) is 0 Å². The van der Waals surface area contributed by atoms with E-state index in [0.29, 0.717) is 13.2 Å². The summed E-state index contributed by atoms with van der Waals surface area (Å²) in [6, 6.07) is 12.3. The molecule has 0 aliphatic carbocycles. The van der Waals surface area contributed by atoms with Gasteiger partial charge >= 0.3 is 0 Å². The van der Waals surface area contributed by atoms with Crippen molar-refractivity contribution in [1.29, 1.82) is 0 Å². The highest BCUT2D eigenvalue weighted by atomic mass is 16.5. The lowest BCUT2D eigenvalue weighted by molar-refractivity contribution is 0.122. The Kier molecular flexibility index (Phi) is 3.46. The predicted molar refractivity (Wildman–Crippen MR) is 102 cm³/mol. The van der Waals surface area contributed by atoms with E-state index in [1.54, 1.807) is 0 Å². The van der Waals surface area contributed by atoms with Crippen LogP contribution >= 0.6 is 0 Å². The van der Waals surface area contributed by atoms with E-state index in [-0.39, 0.29) is 5.95 Å². The summed E-state index contributed by atoms with van der Waals surface area (Å²) in [5, 5.41) is 1.16. The average molecular weight is 346 g/mol. The molecule has 3 N–H and O–H groups in total. The summed E-state index contributed by atoms with van der Waals surface area (Å²) in [5.41, 5.74) is 10.5. The van der Waals surface area contributed by atoms with Gasteiger partial charge in [-0.15, -0.1) is 0 Å². The lowest BCUT2D eigenvalue weighted by atomic mass is 10.1. The first-order chi connectivity index (χ1) is 12.8. The zero-order valence-corrected chi connectivity index (χ0v) is 14.1. The molecule has 7 nitrogen and oxygen atoms in total. The minimum Gasteiger partial charge on any atom is -0.378 e. The van der Waals surface area contributed by atoms with E-state index in [4.69, 9.17) is 15.5 Å². The van der Waals surface area contributed by atoms with E-state index in [1.807, 2.05) is 18.3 Å². The number of aromatic amines is 1. The summed E-state index contributed by atoms with van der Waals surface area (Å²) in [7, 11) is 0. The third-order valence-electron chi connectivity index (χ3n) is 4.70. The molecule has 1 fully saturated rings. The lowest BCUT2D eigenvalue weighted by Gasteiger charge is -2.28. The second kappa shape index (κ2) is 5.96. The smallest absolute Gasteiger partial charge is 0.222 e. The topological polar surface area (TPSA) is 93.0 Å². The molecule has 0 saturated carbocycles. The fourth-order valence-electron chi connectivity index (χ4n) is 3.39.